The number of carboxylic acid groups (broad SMARTS) is 2. The zero-order chi connectivity index (χ0) is 20.4. The largest absolute Gasteiger partial charge is 0.481 e. The van der Waals surface area contributed by atoms with Crippen LogP contribution in [-0.2, 0) is 24.0 Å². The monoisotopic (exact) mass is 374 g/mol. The zero-order valence-corrected chi connectivity index (χ0v) is 14.9. The van der Waals surface area contributed by atoms with Crippen LogP contribution in [-0.4, -0.2) is 64.5 Å². The molecule has 11 heteroatoms. The molecule has 0 bridgehead atoms. The summed E-state index contributed by atoms with van der Waals surface area (Å²) < 4.78 is 0. The van der Waals surface area contributed by atoms with Gasteiger partial charge in [-0.3, -0.25) is 19.2 Å². The van der Waals surface area contributed by atoms with Crippen molar-refractivity contribution in [2.75, 3.05) is 6.54 Å². The van der Waals surface area contributed by atoms with E-state index in [9.17, 15) is 24.0 Å². The van der Waals surface area contributed by atoms with Crippen LogP contribution in [0.5, 0.6) is 0 Å². The molecule has 0 aromatic carbocycles. The van der Waals surface area contributed by atoms with Gasteiger partial charge in [-0.15, -0.1) is 0 Å². The first-order valence-corrected chi connectivity index (χ1v) is 8.04. The van der Waals surface area contributed by atoms with Crippen molar-refractivity contribution in [3.05, 3.63) is 0 Å². The quantitative estimate of drug-likeness (QED) is 0.240. The van der Waals surface area contributed by atoms with Gasteiger partial charge in [-0.25, -0.2) is 4.79 Å². The average molecular weight is 374 g/mol. The van der Waals surface area contributed by atoms with Crippen LogP contribution >= 0.6 is 0 Å². The lowest BCUT2D eigenvalue weighted by molar-refractivity contribution is -0.144. The minimum Gasteiger partial charge on any atom is -0.481 e. The van der Waals surface area contributed by atoms with Gasteiger partial charge in [0, 0.05) is 6.42 Å². The van der Waals surface area contributed by atoms with Crippen molar-refractivity contribution >= 4 is 29.7 Å². The number of nitrogens with two attached hydrogens (primary N) is 1. The third kappa shape index (κ3) is 8.42. The second-order valence-electron chi connectivity index (χ2n) is 6.06. The molecule has 0 radical (unpaired) electrons. The summed E-state index contributed by atoms with van der Waals surface area (Å²) in [5.74, 6) is -4.98. The second-order valence-corrected chi connectivity index (χ2v) is 6.06. The van der Waals surface area contributed by atoms with E-state index in [1.54, 1.807) is 13.8 Å². The lowest BCUT2D eigenvalue weighted by Gasteiger charge is -2.24. The van der Waals surface area contributed by atoms with Crippen LogP contribution in [0.4, 0.5) is 0 Å². The standard InChI is InChI=1S/C15H26N4O7/c1-7(2)12(15(25)26)19-14(24)9(4-5-11(21)22)18-13(23)8(3)17-10(20)6-16/h7-9,12H,4-6,16H2,1-3H3,(H,17,20)(H,18,23)(H,19,24)(H,21,22)(H,25,26). The maximum atomic E-state index is 12.3. The van der Waals surface area contributed by atoms with E-state index in [-0.39, 0.29) is 13.0 Å². The maximum absolute atomic E-state index is 12.3. The van der Waals surface area contributed by atoms with E-state index in [1.807, 2.05) is 0 Å². The lowest BCUT2D eigenvalue weighted by Crippen LogP contribution is -2.56. The molecule has 3 unspecified atom stereocenters. The first-order valence-electron chi connectivity index (χ1n) is 8.04. The fourth-order valence-corrected chi connectivity index (χ4v) is 1.97. The Morgan fingerprint density at radius 3 is 1.92 bits per heavy atom. The minimum atomic E-state index is -1.27. The molecule has 11 nitrogen and oxygen atoms in total. The van der Waals surface area contributed by atoms with Gasteiger partial charge in [0.15, 0.2) is 0 Å². The molecule has 0 aliphatic heterocycles. The molecule has 0 aromatic rings. The predicted molar refractivity (Wildman–Crippen MR) is 89.9 cm³/mol. The zero-order valence-electron chi connectivity index (χ0n) is 14.9. The van der Waals surface area contributed by atoms with Gasteiger partial charge in [-0.1, -0.05) is 13.8 Å². The molecular formula is C15H26N4O7. The van der Waals surface area contributed by atoms with E-state index in [4.69, 9.17) is 15.9 Å². The van der Waals surface area contributed by atoms with E-state index in [0.29, 0.717) is 0 Å². The van der Waals surface area contributed by atoms with E-state index < -0.39 is 60.1 Å². The molecule has 0 spiro atoms. The molecule has 7 N–H and O–H groups in total. The summed E-state index contributed by atoms with van der Waals surface area (Å²) in [5, 5.41) is 24.8. The molecule has 0 aromatic heterocycles. The highest BCUT2D eigenvalue weighted by atomic mass is 16.4. The third-order valence-electron chi connectivity index (χ3n) is 3.47. The van der Waals surface area contributed by atoms with Crippen molar-refractivity contribution in [3.8, 4) is 0 Å². The number of hydrogen-bond donors (Lipinski definition) is 6. The number of aliphatic carboxylic acids is 2. The fraction of sp³-hybridized carbons (Fsp3) is 0.667. The summed E-state index contributed by atoms with van der Waals surface area (Å²) in [7, 11) is 0. The predicted octanol–water partition coefficient (Wildman–Crippen LogP) is -1.98. The van der Waals surface area contributed by atoms with Crippen LogP contribution in [0.2, 0.25) is 0 Å². The van der Waals surface area contributed by atoms with Crippen molar-refractivity contribution in [2.24, 2.45) is 11.7 Å². The van der Waals surface area contributed by atoms with Crippen molar-refractivity contribution in [1.82, 2.24) is 16.0 Å². The summed E-state index contributed by atoms with van der Waals surface area (Å²) in [6, 6.07) is -3.47. The maximum Gasteiger partial charge on any atom is 0.326 e. The Morgan fingerprint density at radius 1 is 0.923 bits per heavy atom. The molecule has 0 saturated carbocycles. The van der Waals surface area contributed by atoms with Crippen LogP contribution in [0, 0.1) is 5.92 Å². The Bertz CT molecular complexity index is 550. The van der Waals surface area contributed by atoms with Gasteiger partial charge in [0.1, 0.15) is 18.1 Å². The molecule has 0 aliphatic rings. The van der Waals surface area contributed by atoms with Crippen LogP contribution in [0.1, 0.15) is 33.6 Å². The molecule has 0 aliphatic carbocycles. The molecule has 3 amide bonds. The average Bonchev–Trinajstić information content (AvgIpc) is 2.54. The summed E-state index contributed by atoms with van der Waals surface area (Å²) >= 11 is 0. The molecule has 26 heavy (non-hydrogen) atoms. The van der Waals surface area contributed by atoms with Gasteiger partial charge in [-0.05, 0) is 19.3 Å². The number of carboxylic acids is 2. The summed E-state index contributed by atoms with van der Waals surface area (Å²) in [4.78, 5) is 57.6. The second kappa shape index (κ2) is 11.0. The number of carbonyl (C=O) groups is 5. The highest BCUT2D eigenvalue weighted by molar-refractivity contribution is 5.93. The van der Waals surface area contributed by atoms with Gasteiger partial charge in [0.05, 0.1) is 6.54 Å². The fourth-order valence-electron chi connectivity index (χ4n) is 1.97. The lowest BCUT2D eigenvalue weighted by atomic mass is 10.0. The number of amides is 3. The number of hydrogen-bond acceptors (Lipinski definition) is 6. The van der Waals surface area contributed by atoms with Crippen molar-refractivity contribution in [3.63, 3.8) is 0 Å². The molecule has 0 fully saturated rings. The van der Waals surface area contributed by atoms with E-state index in [0.717, 1.165) is 0 Å². The van der Waals surface area contributed by atoms with Crippen molar-refractivity contribution in [1.29, 1.82) is 0 Å². The molecule has 0 heterocycles. The highest BCUT2D eigenvalue weighted by Crippen LogP contribution is 2.05. The Morgan fingerprint density at radius 2 is 1.50 bits per heavy atom. The van der Waals surface area contributed by atoms with Crippen molar-refractivity contribution in [2.45, 2.75) is 51.7 Å². The number of nitrogens with one attached hydrogen (secondary N) is 3. The van der Waals surface area contributed by atoms with Gasteiger partial charge in [0.2, 0.25) is 17.7 Å². The van der Waals surface area contributed by atoms with Crippen LogP contribution < -0.4 is 21.7 Å². The first-order chi connectivity index (χ1) is 12.0. The van der Waals surface area contributed by atoms with Gasteiger partial charge in [-0.2, -0.15) is 0 Å². The van der Waals surface area contributed by atoms with Crippen LogP contribution in [0.15, 0.2) is 0 Å². The topological polar surface area (TPSA) is 188 Å². The SMILES string of the molecule is CC(NC(=O)CN)C(=O)NC(CCC(=O)O)C(=O)NC(C(=O)O)C(C)C. The highest BCUT2D eigenvalue weighted by Gasteiger charge is 2.29. The molecule has 148 valence electrons. The third-order valence-corrected chi connectivity index (χ3v) is 3.47. The smallest absolute Gasteiger partial charge is 0.326 e. The van der Waals surface area contributed by atoms with Gasteiger partial charge >= 0.3 is 11.9 Å². The van der Waals surface area contributed by atoms with E-state index >= 15 is 0 Å². The first kappa shape index (κ1) is 23.3. The molecule has 3 atom stereocenters. The molecule has 0 saturated heterocycles. The van der Waals surface area contributed by atoms with Crippen molar-refractivity contribution < 1.29 is 34.2 Å². The van der Waals surface area contributed by atoms with Crippen LogP contribution in [0.25, 0.3) is 0 Å². The Hall–Kier alpha value is -2.69. The van der Waals surface area contributed by atoms with E-state index in [2.05, 4.69) is 16.0 Å². The van der Waals surface area contributed by atoms with Gasteiger partial charge in [0.25, 0.3) is 0 Å². The molecular weight excluding hydrogens is 348 g/mol. The van der Waals surface area contributed by atoms with Gasteiger partial charge < -0.3 is 31.9 Å². The summed E-state index contributed by atoms with van der Waals surface area (Å²) in [6.07, 6.45) is -0.657. The minimum absolute atomic E-state index is 0.241. The summed E-state index contributed by atoms with van der Waals surface area (Å²) in [5.41, 5.74) is 5.13. The number of rotatable bonds is 11. The Labute approximate surface area is 150 Å². The Kier molecular flexibility index (Phi) is 9.89. The Balaban J connectivity index is 5.11. The van der Waals surface area contributed by atoms with E-state index in [1.165, 1.54) is 6.92 Å². The normalized spacial score (nSPS) is 14.0. The molecule has 0 rings (SSSR count). The summed E-state index contributed by atoms with van der Waals surface area (Å²) in [6.45, 7) is 4.22. The van der Waals surface area contributed by atoms with Crippen LogP contribution in [0.3, 0.4) is 0 Å². The number of carbonyl (C=O) groups excluding carboxylic acids is 3.